The fraction of sp³-hybridized carbons (Fsp3) is 1.00. The second-order valence-corrected chi connectivity index (χ2v) is 3.62. The Kier molecular flexibility index (Phi) is 5.58. The summed E-state index contributed by atoms with van der Waals surface area (Å²) >= 11 is 1.92. The smallest absolute Gasteiger partial charge is 0.173 e. The van der Waals surface area contributed by atoms with Crippen LogP contribution in [0.2, 0.25) is 0 Å². The summed E-state index contributed by atoms with van der Waals surface area (Å²) in [5.41, 5.74) is 0. The summed E-state index contributed by atoms with van der Waals surface area (Å²) in [6.45, 7) is 3.28. The van der Waals surface area contributed by atoms with Crippen LogP contribution in [0.3, 0.4) is 0 Å². The van der Waals surface area contributed by atoms with Gasteiger partial charge in [-0.3, -0.25) is 16.0 Å². The molecule has 0 aromatic rings. The normalized spacial score (nSPS) is 26.2. The molecule has 2 fully saturated rings. The van der Waals surface area contributed by atoms with Crippen LogP contribution in [0, 0.1) is 0 Å². The summed E-state index contributed by atoms with van der Waals surface area (Å²) in [6.07, 6.45) is 0. The molecule has 2 rings (SSSR count). The largest absolute Gasteiger partial charge is 0.277 e. The molecule has 0 bridgehead atoms. The highest BCUT2D eigenvalue weighted by Crippen LogP contribution is 2.22. The average Bonchev–Trinajstić information content (AvgIpc) is 2.45. The van der Waals surface area contributed by atoms with Gasteiger partial charge in [-0.15, -0.1) is 45.7 Å². The molecule has 68 valence electrons. The third-order valence-corrected chi connectivity index (χ3v) is 2.94. The minimum Gasteiger partial charge on any atom is -0.277 e. The third-order valence-electron chi connectivity index (χ3n) is 1.67. The van der Waals surface area contributed by atoms with Crippen LogP contribution in [0.4, 0.5) is 0 Å². The van der Waals surface area contributed by atoms with Crippen molar-refractivity contribution >= 4 is 45.7 Å². The van der Waals surface area contributed by atoms with Crippen molar-refractivity contribution in [2.75, 3.05) is 25.4 Å². The highest BCUT2D eigenvalue weighted by molar-refractivity contribution is 8.93. The van der Waals surface area contributed by atoms with Crippen LogP contribution in [0.1, 0.15) is 0 Å². The van der Waals surface area contributed by atoms with Crippen LogP contribution >= 0.6 is 45.7 Å². The SMILES string of the molecule is Br.Br.C1CNC2(N1)NCCS2. The Labute approximate surface area is 92.0 Å². The van der Waals surface area contributed by atoms with Crippen molar-refractivity contribution in [3.63, 3.8) is 0 Å². The molecule has 0 aromatic carbocycles. The first-order valence-electron chi connectivity index (χ1n) is 3.30. The zero-order valence-electron chi connectivity index (χ0n) is 6.05. The van der Waals surface area contributed by atoms with Gasteiger partial charge in [0.2, 0.25) is 0 Å². The van der Waals surface area contributed by atoms with Crippen LogP contribution < -0.4 is 16.0 Å². The fourth-order valence-corrected chi connectivity index (χ4v) is 2.37. The van der Waals surface area contributed by atoms with E-state index in [1.54, 1.807) is 0 Å². The van der Waals surface area contributed by atoms with E-state index in [1.807, 2.05) is 11.8 Å². The second kappa shape index (κ2) is 5.04. The molecule has 0 atom stereocenters. The molecule has 0 amide bonds. The van der Waals surface area contributed by atoms with E-state index in [0.29, 0.717) is 0 Å². The van der Waals surface area contributed by atoms with Gasteiger partial charge in [0.15, 0.2) is 5.12 Å². The van der Waals surface area contributed by atoms with Crippen molar-refractivity contribution in [3.8, 4) is 0 Å². The topological polar surface area (TPSA) is 36.1 Å². The Hall–Kier alpha value is 1.19. The van der Waals surface area contributed by atoms with Gasteiger partial charge in [0, 0.05) is 25.4 Å². The molecule has 0 aliphatic carbocycles. The Morgan fingerprint density at radius 2 is 1.45 bits per heavy atom. The standard InChI is InChI=1S/C5H11N3S.2BrH/c1-2-7-5(6-1)8-3-4-9-5;;/h6-8H,1-4H2;2*1H. The predicted molar refractivity (Wildman–Crippen MR) is 59.8 cm³/mol. The van der Waals surface area contributed by atoms with E-state index < -0.39 is 0 Å². The van der Waals surface area contributed by atoms with Gasteiger partial charge in [0.1, 0.15) is 0 Å². The lowest BCUT2D eigenvalue weighted by Gasteiger charge is -2.22. The summed E-state index contributed by atoms with van der Waals surface area (Å²) in [5, 5.41) is 10.2. The van der Waals surface area contributed by atoms with Crippen molar-refractivity contribution in [1.29, 1.82) is 0 Å². The van der Waals surface area contributed by atoms with Gasteiger partial charge in [0.25, 0.3) is 0 Å². The molecule has 0 unspecified atom stereocenters. The maximum atomic E-state index is 3.37. The van der Waals surface area contributed by atoms with Crippen molar-refractivity contribution < 1.29 is 0 Å². The van der Waals surface area contributed by atoms with E-state index in [9.17, 15) is 0 Å². The van der Waals surface area contributed by atoms with Crippen LogP contribution in [-0.2, 0) is 0 Å². The van der Waals surface area contributed by atoms with Gasteiger partial charge in [-0.05, 0) is 0 Å². The molecule has 2 heterocycles. The Morgan fingerprint density at radius 1 is 0.909 bits per heavy atom. The number of halogens is 2. The lowest BCUT2D eigenvalue weighted by molar-refractivity contribution is 0.428. The third kappa shape index (κ3) is 2.57. The van der Waals surface area contributed by atoms with Crippen LogP contribution in [-0.4, -0.2) is 30.5 Å². The van der Waals surface area contributed by atoms with Gasteiger partial charge in [-0.2, -0.15) is 0 Å². The molecule has 0 radical (unpaired) electrons. The van der Waals surface area contributed by atoms with E-state index in [4.69, 9.17) is 0 Å². The molecular weight excluding hydrogens is 294 g/mol. The van der Waals surface area contributed by atoms with E-state index >= 15 is 0 Å². The number of hydrogen-bond donors (Lipinski definition) is 3. The minimum absolute atomic E-state index is 0. The summed E-state index contributed by atoms with van der Waals surface area (Å²) < 4.78 is 0. The van der Waals surface area contributed by atoms with E-state index in [-0.39, 0.29) is 39.1 Å². The van der Waals surface area contributed by atoms with Crippen molar-refractivity contribution in [3.05, 3.63) is 0 Å². The second-order valence-electron chi connectivity index (χ2n) is 2.31. The highest BCUT2D eigenvalue weighted by Gasteiger charge is 2.36. The molecule has 3 nitrogen and oxygen atoms in total. The van der Waals surface area contributed by atoms with E-state index in [2.05, 4.69) is 16.0 Å². The molecular formula is C5H13Br2N3S. The Balaban J connectivity index is 0.000000500. The summed E-state index contributed by atoms with van der Waals surface area (Å²) in [6, 6.07) is 0. The van der Waals surface area contributed by atoms with Gasteiger partial charge < -0.3 is 0 Å². The molecule has 1 spiro atoms. The molecule has 2 saturated heterocycles. The molecule has 0 saturated carbocycles. The molecule has 11 heavy (non-hydrogen) atoms. The van der Waals surface area contributed by atoms with Crippen molar-refractivity contribution in [2.24, 2.45) is 0 Å². The fourth-order valence-electron chi connectivity index (χ4n) is 1.25. The highest BCUT2D eigenvalue weighted by atomic mass is 79.9. The van der Waals surface area contributed by atoms with E-state index in [1.165, 1.54) is 5.75 Å². The molecule has 0 aromatic heterocycles. The maximum Gasteiger partial charge on any atom is 0.173 e. The van der Waals surface area contributed by atoms with Gasteiger partial charge >= 0.3 is 0 Å². The van der Waals surface area contributed by atoms with E-state index in [0.717, 1.165) is 19.6 Å². The van der Waals surface area contributed by atoms with Crippen molar-refractivity contribution in [2.45, 2.75) is 5.12 Å². The summed E-state index contributed by atoms with van der Waals surface area (Å²) in [7, 11) is 0. The number of thioether (sulfide) groups is 1. The molecule has 2 aliphatic rings. The zero-order valence-corrected chi connectivity index (χ0v) is 10.3. The van der Waals surface area contributed by atoms with Gasteiger partial charge in [0.05, 0.1) is 0 Å². The zero-order chi connectivity index (χ0) is 6.16. The molecule has 3 N–H and O–H groups in total. The maximum absolute atomic E-state index is 3.37. The Morgan fingerprint density at radius 3 is 1.91 bits per heavy atom. The minimum atomic E-state index is 0. The first kappa shape index (κ1) is 12.2. The van der Waals surface area contributed by atoms with Crippen LogP contribution in [0.15, 0.2) is 0 Å². The molecule has 6 heteroatoms. The van der Waals surface area contributed by atoms with Crippen LogP contribution in [0.5, 0.6) is 0 Å². The lowest BCUT2D eigenvalue weighted by Crippen LogP contribution is -2.54. The first-order valence-corrected chi connectivity index (χ1v) is 4.29. The molecule has 2 aliphatic heterocycles. The lowest BCUT2D eigenvalue weighted by atomic mass is 10.7. The van der Waals surface area contributed by atoms with Gasteiger partial charge in [-0.25, -0.2) is 0 Å². The quantitative estimate of drug-likeness (QED) is 0.601. The predicted octanol–water partition coefficient (Wildman–Crippen LogP) is 0.283. The van der Waals surface area contributed by atoms with Crippen molar-refractivity contribution in [1.82, 2.24) is 16.0 Å². The van der Waals surface area contributed by atoms with Crippen LogP contribution in [0.25, 0.3) is 0 Å². The first-order chi connectivity index (χ1) is 4.41. The Bertz CT molecular complexity index is 94.8. The number of rotatable bonds is 0. The number of hydrogen-bond acceptors (Lipinski definition) is 4. The summed E-state index contributed by atoms with van der Waals surface area (Å²) in [4.78, 5) is 0. The average molecular weight is 307 g/mol. The van der Waals surface area contributed by atoms with Gasteiger partial charge in [-0.1, -0.05) is 0 Å². The summed E-state index contributed by atoms with van der Waals surface area (Å²) in [5.74, 6) is 1.21. The monoisotopic (exact) mass is 305 g/mol. The number of nitrogens with one attached hydrogen (secondary N) is 3.